The summed E-state index contributed by atoms with van der Waals surface area (Å²) in [6, 6.07) is 102. The summed E-state index contributed by atoms with van der Waals surface area (Å²) in [5.41, 5.74) is 20.0. The van der Waals surface area contributed by atoms with Gasteiger partial charge in [0.05, 0.1) is 10.8 Å². The number of nitrogens with zero attached hydrogens (tertiary/aromatic N) is 1. The normalized spacial score (nSPS) is 13.7. The summed E-state index contributed by atoms with van der Waals surface area (Å²) in [6.07, 6.45) is 0. The minimum atomic E-state index is -0.482. The van der Waals surface area contributed by atoms with Gasteiger partial charge >= 0.3 is 0 Å². The van der Waals surface area contributed by atoms with E-state index in [1.165, 1.54) is 98.1 Å². The van der Waals surface area contributed by atoms with Crippen LogP contribution in [-0.2, 0) is 10.8 Å². The van der Waals surface area contributed by atoms with Gasteiger partial charge in [0.25, 0.3) is 0 Å². The molecule has 0 saturated heterocycles. The number of hydrogen-bond acceptors (Lipinski definition) is 2. The van der Waals surface area contributed by atoms with Gasteiger partial charge in [0.2, 0.25) is 0 Å². The van der Waals surface area contributed by atoms with Crippen molar-refractivity contribution in [1.82, 2.24) is 0 Å². The topological polar surface area (TPSA) is 3.24 Å². The molecule has 0 radical (unpaired) electrons. The van der Waals surface area contributed by atoms with E-state index in [1.807, 2.05) is 11.3 Å². The molecule has 0 fully saturated rings. The highest BCUT2D eigenvalue weighted by molar-refractivity contribution is 7.25. The second-order valence-electron chi connectivity index (χ2n) is 18.7. The lowest BCUT2D eigenvalue weighted by molar-refractivity contribution is 0.768. The first kappa shape index (κ1) is 40.5. The van der Waals surface area contributed by atoms with E-state index in [0.717, 1.165) is 17.1 Å². The first-order valence-electron chi connectivity index (χ1n) is 24.2. The Kier molecular flexibility index (Phi) is 9.27. The average molecular weight is 908 g/mol. The number of rotatable bonds is 8. The van der Waals surface area contributed by atoms with Crippen molar-refractivity contribution in [3.63, 3.8) is 0 Å². The molecule has 0 aliphatic heterocycles. The van der Waals surface area contributed by atoms with Gasteiger partial charge in [-0.25, -0.2) is 0 Å². The number of anilines is 3. The predicted molar refractivity (Wildman–Crippen MR) is 294 cm³/mol. The van der Waals surface area contributed by atoms with Gasteiger partial charge in [0.15, 0.2) is 0 Å². The quantitative estimate of drug-likeness (QED) is 0.147. The van der Waals surface area contributed by atoms with E-state index in [1.54, 1.807) is 0 Å². The standard InChI is InChI=1S/C68H45NS/c1-5-19-48(20-6-1)67(49-21-7-2-8-22-49)61-30-16-13-27-55(61)58-44-53(38-40-63(58)67)69(52-36-33-46(34-37-52)47-35-42-66-60(43-47)57-29-15-18-32-65(57)70-66)54-39-41-64-59(45-54)56-28-14-17-31-62(56)68(64,50-23-9-3-10-24-50)51-25-11-4-12-26-51/h1-45H. The third kappa shape index (κ3) is 5.90. The first-order valence-corrected chi connectivity index (χ1v) is 25.1. The maximum absolute atomic E-state index is 2.47. The SMILES string of the molecule is c1ccc(C2(c3ccccc3)c3ccccc3-c3cc(N(c4ccc(-c5ccc6sc7ccccc7c6c5)cc4)c4ccc5c(c4)-c4ccccc4C5(c4ccccc4)c4ccccc4)ccc32)cc1. The summed E-state index contributed by atoms with van der Waals surface area (Å²) >= 11 is 1.86. The van der Waals surface area contributed by atoms with E-state index in [9.17, 15) is 0 Å². The van der Waals surface area contributed by atoms with Crippen LogP contribution in [0.25, 0.3) is 53.6 Å². The van der Waals surface area contributed by atoms with Crippen LogP contribution >= 0.6 is 11.3 Å². The third-order valence-corrected chi connectivity index (χ3v) is 16.4. The van der Waals surface area contributed by atoms with E-state index in [0.29, 0.717) is 0 Å². The molecule has 2 heteroatoms. The highest BCUT2D eigenvalue weighted by Gasteiger charge is 2.48. The summed E-state index contributed by atoms with van der Waals surface area (Å²) in [7, 11) is 0. The number of hydrogen-bond donors (Lipinski definition) is 0. The van der Waals surface area contributed by atoms with Crippen molar-refractivity contribution in [2.45, 2.75) is 10.8 Å². The van der Waals surface area contributed by atoms with Crippen molar-refractivity contribution in [3.05, 3.63) is 317 Å². The minimum absolute atomic E-state index is 0.482. The van der Waals surface area contributed by atoms with Gasteiger partial charge in [-0.15, -0.1) is 11.3 Å². The Labute approximate surface area is 412 Å². The molecular formula is C68H45NS. The van der Waals surface area contributed by atoms with Crippen LogP contribution in [0, 0.1) is 0 Å². The van der Waals surface area contributed by atoms with Gasteiger partial charge in [-0.2, -0.15) is 0 Å². The van der Waals surface area contributed by atoms with Crippen LogP contribution in [0.1, 0.15) is 44.5 Å². The van der Waals surface area contributed by atoms with E-state index >= 15 is 0 Å². The lowest BCUT2D eigenvalue weighted by atomic mass is 9.67. The van der Waals surface area contributed by atoms with Crippen LogP contribution in [0.15, 0.2) is 273 Å². The lowest BCUT2D eigenvalue weighted by Crippen LogP contribution is -2.28. The van der Waals surface area contributed by atoms with E-state index in [4.69, 9.17) is 0 Å². The number of benzene rings is 11. The molecule has 2 aliphatic rings. The van der Waals surface area contributed by atoms with Crippen molar-refractivity contribution in [2.24, 2.45) is 0 Å². The van der Waals surface area contributed by atoms with Crippen molar-refractivity contribution in [3.8, 4) is 33.4 Å². The third-order valence-electron chi connectivity index (χ3n) is 15.2. The van der Waals surface area contributed by atoms with Crippen LogP contribution in [0.4, 0.5) is 17.1 Å². The highest BCUT2D eigenvalue weighted by Crippen LogP contribution is 2.59. The molecule has 0 atom stereocenters. The molecule has 11 aromatic carbocycles. The molecule has 0 spiro atoms. The minimum Gasteiger partial charge on any atom is -0.310 e. The Morgan fingerprint density at radius 1 is 0.257 bits per heavy atom. The Morgan fingerprint density at radius 2 is 0.643 bits per heavy atom. The molecule has 0 bridgehead atoms. The van der Waals surface area contributed by atoms with Crippen molar-refractivity contribution < 1.29 is 0 Å². The number of thiophene rings is 1. The van der Waals surface area contributed by atoms with Crippen LogP contribution in [-0.4, -0.2) is 0 Å². The van der Waals surface area contributed by atoms with E-state index in [-0.39, 0.29) is 0 Å². The molecule has 1 aromatic heterocycles. The molecular weight excluding hydrogens is 863 g/mol. The van der Waals surface area contributed by atoms with Crippen molar-refractivity contribution >= 4 is 48.6 Å². The van der Waals surface area contributed by atoms with E-state index < -0.39 is 10.8 Å². The summed E-state index contributed by atoms with van der Waals surface area (Å²) in [5, 5.41) is 2.63. The zero-order chi connectivity index (χ0) is 46.2. The Morgan fingerprint density at radius 3 is 1.14 bits per heavy atom. The maximum atomic E-state index is 2.47. The largest absolute Gasteiger partial charge is 0.310 e. The van der Waals surface area contributed by atoms with Crippen molar-refractivity contribution in [1.29, 1.82) is 0 Å². The predicted octanol–water partition coefficient (Wildman–Crippen LogP) is 17.9. The molecule has 1 nitrogen and oxygen atoms in total. The molecule has 70 heavy (non-hydrogen) atoms. The van der Waals surface area contributed by atoms with Crippen LogP contribution in [0.3, 0.4) is 0 Å². The van der Waals surface area contributed by atoms with Gasteiger partial charge in [0.1, 0.15) is 0 Å². The number of fused-ring (bicyclic) bond motifs is 9. The second-order valence-corrected chi connectivity index (χ2v) is 19.8. The molecule has 0 saturated carbocycles. The Bertz CT molecular complexity index is 3670. The first-order chi connectivity index (χ1) is 34.7. The van der Waals surface area contributed by atoms with Crippen LogP contribution < -0.4 is 4.90 Å². The van der Waals surface area contributed by atoms with Crippen LogP contribution in [0.2, 0.25) is 0 Å². The molecule has 12 aromatic rings. The van der Waals surface area contributed by atoms with E-state index in [2.05, 4.69) is 278 Å². The van der Waals surface area contributed by atoms with Crippen LogP contribution in [0.5, 0.6) is 0 Å². The summed E-state index contributed by atoms with van der Waals surface area (Å²) in [5.74, 6) is 0. The molecule has 0 N–H and O–H groups in total. The zero-order valence-electron chi connectivity index (χ0n) is 38.3. The fraction of sp³-hybridized carbons (Fsp3) is 0.0294. The van der Waals surface area contributed by atoms with Gasteiger partial charge in [-0.3, -0.25) is 0 Å². The fourth-order valence-electron chi connectivity index (χ4n) is 12.3. The second kappa shape index (κ2) is 16.0. The van der Waals surface area contributed by atoms with Crippen molar-refractivity contribution in [2.75, 3.05) is 4.90 Å². The lowest BCUT2D eigenvalue weighted by Gasteiger charge is -2.34. The molecule has 14 rings (SSSR count). The van der Waals surface area contributed by atoms with Gasteiger partial charge < -0.3 is 4.90 Å². The monoisotopic (exact) mass is 907 g/mol. The molecule has 0 amide bonds. The smallest absolute Gasteiger partial charge is 0.0713 e. The zero-order valence-corrected chi connectivity index (χ0v) is 39.2. The Hall–Kier alpha value is -8.56. The van der Waals surface area contributed by atoms with Gasteiger partial charge in [-0.05, 0) is 132 Å². The molecule has 328 valence electrons. The summed E-state index contributed by atoms with van der Waals surface area (Å²) in [6.45, 7) is 0. The summed E-state index contributed by atoms with van der Waals surface area (Å²) < 4.78 is 2.64. The highest BCUT2D eigenvalue weighted by atomic mass is 32.1. The Balaban J connectivity index is 0.983. The van der Waals surface area contributed by atoms with Gasteiger partial charge in [-0.1, -0.05) is 218 Å². The molecule has 1 heterocycles. The molecule has 2 aliphatic carbocycles. The van der Waals surface area contributed by atoms with Gasteiger partial charge in [0, 0.05) is 37.2 Å². The molecule has 0 unspecified atom stereocenters. The summed E-state index contributed by atoms with van der Waals surface area (Å²) in [4.78, 5) is 2.47. The fourth-order valence-corrected chi connectivity index (χ4v) is 13.4. The maximum Gasteiger partial charge on any atom is 0.0713 e. The average Bonchev–Trinajstić information content (AvgIpc) is 4.07.